The molecule has 0 bridgehead atoms. The Kier molecular flexibility index (Phi) is 5.92. The first-order valence-corrected chi connectivity index (χ1v) is 8.30. The summed E-state index contributed by atoms with van der Waals surface area (Å²) in [5.41, 5.74) is 1.25. The number of rotatable bonds is 5. The van der Waals surface area contributed by atoms with E-state index in [9.17, 15) is 9.90 Å². The van der Waals surface area contributed by atoms with Gasteiger partial charge in [-0.15, -0.1) is 11.8 Å². The molecule has 1 aromatic rings. The third kappa shape index (κ3) is 4.84. The molecule has 2 N–H and O–H groups in total. The van der Waals surface area contributed by atoms with Crippen LogP contribution in [0.4, 0.5) is 0 Å². The molecule has 0 aliphatic heterocycles. The van der Waals surface area contributed by atoms with Crippen LogP contribution in [0.2, 0.25) is 0 Å². The highest BCUT2D eigenvalue weighted by atomic mass is 32.2. The van der Waals surface area contributed by atoms with E-state index in [1.165, 1.54) is 10.5 Å². The maximum absolute atomic E-state index is 11.9. The second-order valence-corrected chi connectivity index (χ2v) is 6.61. The van der Waals surface area contributed by atoms with Gasteiger partial charge >= 0.3 is 0 Å². The number of hydrogen-bond donors (Lipinski definition) is 2. The van der Waals surface area contributed by atoms with Gasteiger partial charge in [0.05, 0.1) is 12.1 Å². The van der Waals surface area contributed by atoms with Crippen molar-refractivity contribution in [3.05, 3.63) is 29.8 Å². The molecule has 0 aromatic heterocycles. The number of carbonyl (C=O) groups is 1. The maximum atomic E-state index is 11.9. The SMILES string of the molecule is Cc1ccc(SCCC(=O)NC2CCCCC2O)cc1. The first-order valence-electron chi connectivity index (χ1n) is 7.32. The normalized spacial score (nSPS) is 22.5. The van der Waals surface area contributed by atoms with Crippen molar-refractivity contribution < 1.29 is 9.90 Å². The van der Waals surface area contributed by atoms with E-state index in [1.54, 1.807) is 11.8 Å². The van der Waals surface area contributed by atoms with Gasteiger partial charge in [-0.3, -0.25) is 4.79 Å². The minimum absolute atomic E-state index is 0.0411. The van der Waals surface area contributed by atoms with Crippen LogP contribution in [0.5, 0.6) is 0 Å². The summed E-state index contributed by atoms with van der Waals surface area (Å²) in [6, 6.07) is 8.30. The van der Waals surface area contributed by atoms with Gasteiger partial charge in [-0.2, -0.15) is 0 Å². The molecule has 2 atom stereocenters. The molecule has 2 rings (SSSR count). The third-order valence-electron chi connectivity index (χ3n) is 3.69. The fraction of sp³-hybridized carbons (Fsp3) is 0.562. The number of hydrogen-bond acceptors (Lipinski definition) is 3. The number of nitrogens with one attached hydrogen (secondary N) is 1. The molecule has 1 fully saturated rings. The van der Waals surface area contributed by atoms with Crippen LogP contribution in [0.25, 0.3) is 0 Å². The highest BCUT2D eigenvalue weighted by Crippen LogP contribution is 2.20. The Labute approximate surface area is 125 Å². The molecule has 1 aromatic carbocycles. The van der Waals surface area contributed by atoms with Gasteiger partial charge in [-0.25, -0.2) is 0 Å². The summed E-state index contributed by atoms with van der Waals surface area (Å²) in [7, 11) is 0. The van der Waals surface area contributed by atoms with E-state index in [4.69, 9.17) is 0 Å². The summed E-state index contributed by atoms with van der Waals surface area (Å²) in [6.45, 7) is 2.07. The molecule has 3 nitrogen and oxygen atoms in total. The average Bonchev–Trinajstić information content (AvgIpc) is 2.44. The fourth-order valence-corrected chi connectivity index (χ4v) is 3.31. The lowest BCUT2D eigenvalue weighted by atomic mass is 9.92. The van der Waals surface area contributed by atoms with E-state index in [0.717, 1.165) is 31.4 Å². The minimum atomic E-state index is -0.363. The Morgan fingerprint density at radius 1 is 1.30 bits per heavy atom. The quantitative estimate of drug-likeness (QED) is 0.821. The summed E-state index contributed by atoms with van der Waals surface area (Å²) in [6.07, 6.45) is 4.01. The van der Waals surface area contributed by atoms with Gasteiger partial charge in [-0.1, -0.05) is 30.5 Å². The number of amides is 1. The van der Waals surface area contributed by atoms with Gasteiger partial charge in [0, 0.05) is 17.1 Å². The lowest BCUT2D eigenvalue weighted by Crippen LogP contribution is -2.45. The molecule has 110 valence electrons. The van der Waals surface area contributed by atoms with Crippen molar-refractivity contribution >= 4 is 17.7 Å². The van der Waals surface area contributed by atoms with Gasteiger partial charge in [0.1, 0.15) is 0 Å². The van der Waals surface area contributed by atoms with Gasteiger partial charge in [0.2, 0.25) is 5.91 Å². The van der Waals surface area contributed by atoms with Crippen LogP contribution in [-0.2, 0) is 4.79 Å². The van der Waals surface area contributed by atoms with Crippen molar-refractivity contribution in [1.82, 2.24) is 5.32 Å². The van der Waals surface area contributed by atoms with Crippen molar-refractivity contribution in [2.45, 2.75) is 56.1 Å². The largest absolute Gasteiger partial charge is 0.391 e. The Balaban J connectivity index is 1.68. The van der Waals surface area contributed by atoms with E-state index in [1.807, 2.05) is 0 Å². The highest BCUT2D eigenvalue weighted by molar-refractivity contribution is 7.99. The van der Waals surface area contributed by atoms with Crippen LogP contribution < -0.4 is 5.32 Å². The molecule has 1 saturated carbocycles. The average molecular weight is 293 g/mol. The van der Waals surface area contributed by atoms with Crippen molar-refractivity contribution in [3.63, 3.8) is 0 Å². The molecule has 1 aliphatic carbocycles. The topological polar surface area (TPSA) is 49.3 Å². The zero-order valence-corrected chi connectivity index (χ0v) is 12.8. The Hall–Kier alpha value is -1.00. The van der Waals surface area contributed by atoms with E-state index in [-0.39, 0.29) is 18.1 Å². The van der Waals surface area contributed by atoms with Gasteiger partial charge in [-0.05, 0) is 31.9 Å². The Morgan fingerprint density at radius 2 is 2.00 bits per heavy atom. The molecule has 0 saturated heterocycles. The molecule has 0 spiro atoms. The van der Waals surface area contributed by atoms with Crippen molar-refractivity contribution in [2.24, 2.45) is 0 Å². The van der Waals surface area contributed by atoms with E-state index in [2.05, 4.69) is 36.5 Å². The molecule has 0 radical (unpaired) electrons. The number of thioether (sulfide) groups is 1. The van der Waals surface area contributed by atoms with Gasteiger partial charge in [0.15, 0.2) is 0 Å². The third-order valence-corrected chi connectivity index (χ3v) is 4.71. The van der Waals surface area contributed by atoms with E-state index >= 15 is 0 Å². The van der Waals surface area contributed by atoms with Crippen LogP contribution in [0.3, 0.4) is 0 Å². The minimum Gasteiger partial charge on any atom is -0.391 e. The Bertz CT molecular complexity index is 433. The monoisotopic (exact) mass is 293 g/mol. The highest BCUT2D eigenvalue weighted by Gasteiger charge is 2.24. The first-order chi connectivity index (χ1) is 9.65. The number of aliphatic hydroxyl groups is 1. The standard InChI is InChI=1S/C16H23NO2S/c1-12-6-8-13(9-7-12)20-11-10-16(19)17-14-4-2-3-5-15(14)18/h6-9,14-15,18H,2-5,10-11H2,1H3,(H,17,19). The maximum Gasteiger partial charge on any atom is 0.221 e. The molecular formula is C16H23NO2S. The van der Waals surface area contributed by atoms with Crippen molar-refractivity contribution in [1.29, 1.82) is 0 Å². The van der Waals surface area contributed by atoms with Crippen LogP contribution in [0.1, 0.15) is 37.7 Å². The molecule has 1 amide bonds. The van der Waals surface area contributed by atoms with Crippen molar-refractivity contribution in [3.8, 4) is 0 Å². The second-order valence-electron chi connectivity index (χ2n) is 5.44. The predicted molar refractivity (Wildman–Crippen MR) is 82.9 cm³/mol. The molecule has 0 heterocycles. The summed E-state index contributed by atoms with van der Waals surface area (Å²) < 4.78 is 0. The lowest BCUT2D eigenvalue weighted by Gasteiger charge is -2.28. The molecule has 20 heavy (non-hydrogen) atoms. The fourth-order valence-electron chi connectivity index (χ4n) is 2.45. The van der Waals surface area contributed by atoms with Crippen LogP contribution in [-0.4, -0.2) is 28.9 Å². The predicted octanol–water partition coefficient (Wildman–Crippen LogP) is 2.90. The number of aliphatic hydroxyl groups excluding tert-OH is 1. The smallest absolute Gasteiger partial charge is 0.221 e. The van der Waals surface area contributed by atoms with Gasteiger partial charge < -0.3 is 10.4 Å². The molecular weight excluding hydrogens is 270 g/mol. The number of carbonyl (C=O) groups excluding carboxylic acids is 1. The van der Waals surface area contributed by atoms with Crippen molar-refractivity contribution in [2.75, 3.05) is 5.75 Å². The van der Waals surface area contributed by atoms with Crippen LogP contribution >= 0.6 is 11.8 Å². The van der Waals surface area contributed by atoms with E-state index < -0.39 is 0 Å². The lowest BCUT2D eigenvalue weighted by molar-refractivity contribution is -0.122. The summed E-state index contributed by atoms with van der Waals surface area (Å²) in [4.78, 5) is 13.1. The molecule has 1 aliphatic rings. The summed E-state index contributed by atoms with van der Waals surface area (Å²) >= 11 is 1.70. The number of aryl methyl sites for hydroxylation is 1. The van der Waals surface area contributed by atoms with Crippen LogP contribution in [0, 0.1) is 6.92 Å². The first kappa shape index (κ1) is 15.4. The summed E-state index contributed by atoms with van der Waals surface area (Å²) in [5.74, 6) is 0.827. The van der Waals surface area contributed by atoms with E-state index in [0.29, 0.717) is 6.42 Å². The van der Waals surface area contributed by atoms with Crippen LogP contribution in [0.15, 0.2) is 29.2 Å². The summed E-state index contributed by atoms with van der Waals surface area (Å²) in [5, 5.41) is 12.8. The molecule has 4 heteroatoms. The van der Waals surface area contributed by atoms with Gasteiger partial charge in [0.25, 0.3) is 0 Å². The Morgan fingerprint density at radius 3 is 2.70 bits per heavy atom. The number of benzene rings is 1. The molecule has 2 unspecified atom stereocenters. The zero-order valence-electron chi connectivity index (χ0n) is 12.0. The zero-order chi connectivity index (χ0) is 14.4. The second kappa shape index (κ2) is 7.70.